The number of nitrogens with zero attached hydrogens (tertiary/aromatic N) is 2. The smallest absolute Gasteiger partial charge is 0.245 e. The summed E-state index contributed by atoms with van der Waals surface area (Å²) in [6.45, 7) is 1.22. The van der Waals surface area contributed by atoms with Gasteiger partial charge in [-0.15, -0.1) is 0 Å². The molecule has 24 heavy (non-hydrogen) atoms. The van der Waals surface area contributed by atoms with Crippen LogP contribution in [0.2, 0.25) is 0 Å². The highest BCUT2D eigenvalue weighted by molar-refractivity contribution is 7.92. The number of amides is 1. The number of sulfone groups is 1. The molecule has 2 heterocycles. The van der Waals surface area contributed by atoms with E-state index >= 15 is 0 Å². The summed E-state index contributed by atoms with van der Waals surface area (Å²) >= 11 is 0. The van der Waals surface area contributed by atoms with Gasteiger partial charge in [0.1, 0.15) is 0 Å². The summed E-state index contributed by atoms with van der Waals surface area (Å²) in [5, 5.41) is -1.31. The van der Waals surface area contributed by atoms with Crippen LogP contribution in [0, 0.1) is 0 Å². The van der Waals surface area contributed by atoms with Crippen molar-refractivity contribution < 1.29 is 13.2 Å². The van der Waals surface area contributed by atoms with Crippen LogP contribution in [0.4, 0.5) is 0 Å². The molecule has 6 heteroatoms. The van der Waals surface area contributed by atoms with Gasteiger partial charge in [0.2, 0.25) is 15.7 Å². The lowest BCUT2D eigenvalue weighted by molar-refractivity contribution is -0.131. The monoisotopic (exact) mass is 344 g/mol. The van der Waals surface area contributed by atoms with Crippen molar-refractivity contribution in [3.8, 4) is 0 Å². The van der Waals surface area contributed by atoms with Crippen LogP contribution in [-0.2, 0) is 14.6 Å². The van der Waals surface area contributed by atoms with Crippen LogP contribution in [0.25, 0.3) is 0 Å². The van der Waals surface area contributed by atoms with Gasteiger partial charge in [0.15, 0.2) is 10.3 Å². The molecule has 0 bridgehead atoms. The lowest BCUT2D eigenvalue weighted by Crippen LogP contribution is -2.41. The molecule has 0 saturated carbocycles. The highest BCUT2D eigenvalue weighted by atomic mass is 32.2. The number of pyridine rings is 1. The number of hydrogen-bond acceptors (Lipinski definition) is 4. The number of carbonyl (C=O) groups is 1. The molecular weight excluding hydrogens is 324 g/mol. The largest absolute Gasteiger partial charge is 0.341 e. The van der Waals surface area contributed by atoms with Crippen molar-refractivity contribution in [3.05, 3.63) is 60.3 Å². The number of rotatable bonds is 4. The SMILES string of the molecule is O=C([C@@H](c1ccccc1)S(=O)(=O)c1ccccn1)N1CCCCC1. The van der Waals surface area contributed by atoms with Crippen molar-refractivity contribution in [1.82, 2.24) is 9.88 Å². The zero-order valence-corrected chi connectivity index (χ0v) is 14.2. The summed E-state index contributed by atoms with van der Waals surface area (Å²) in [5.41, 5.74) is 0.485. The van der Waals surface area contributed by atoms with Gasteiger partial charge in [-0.2, -0.15) is 0 Å². The van der Waals surface area contributed by atoms with Gasteiger partial charge in [-0.25, -0.2) is 13.4 Å². The van der Waals surface area contributed by atoms with Gasteiger partial charge in [0, 0.05) is 19.3 Å². The molecule has 2 aromatic rings. The molecule has 1 aromatic carbocycles. The molecule has 1 atom stereocenters. The molecule has 0 spiro atoms. The maximum absolute atomic E-state index is 13.1. The Morgan fingerprint density at radius 2 is 1.62 bits per heavy atom. The van der Waals surface area contributed by atoms with E-state index in [0.717, 1.165) is 19.3 Å². The highest BCUT2D eigenvalue weighted by Crippen LogP contribution is 2.30. The fourth-order valence-corrected chi connectivity index (χ4v) is 4.65. The topological polar surface area (TPSA) is 67.3 Å². The normalized spacial score (nSPS) is 16.6. The zero-order chi connectivity index (χ0) is 17.0. The predicted octanol–water partition coefficient (Wildman–Crippen LogP) is 2.61. The molecule has 0 radical (unpaired) electrons. The first-order chi connectivity index (χ1) is 11.6. The van der Waals surface area contributed by atoms with E-state index in [0.29, 0.717) is 18.7 Å². The van der Waals surface area contributed by atoms with Crippen molar-refractivity contribution in [2.24, 2.45) is 0 Å². The molecule has 0 unspecified atom stereocenters. The highest BCUT2D eigenvalue weighted by Gasteiger charge is 2.39. The number of hydrogen-bond donors (Lipinski definition) is 0. The summed E-state index contributed by atoms with van der Waals surface area (Å²) in [7, 11) is -3.91. The van der Waals surface area contributed by atoms with Gasteiger partial charge in [-0.05, 0) is 37.0 Å². The molecule has 1 aliphatic heterocycles. The minimum absolute atomic E-state index is 0.0655. The van der Waals surface area contributed by atoms with E-state index in [1.54, 1.807) is 47.4 Å². The van der Waals surface area contributed by atoms with E-state index in [4.69, 9.17) is 0 Å². The number of carbonyl (C=O) groups excluding carboxylic acids is 1. The summed E-state index contributed by atoms with van der Waals surface area (Å²) in [4.78, 5) is 18.7. The van der Waals surface area contributed by atoms with Crippen LogP contribution in [0.5, 0.6) is 0 Å². The van der Waals surface area contributed by atoms with Gasteiger partial charge in [-0.3, -0.25) is 4.79 Å². The number of piperidine rings is 1. The van der Waals surface area contributed by atoms with Gasteiger partial charge in [0.25, 0.3) is 0 Å². The van der Waals surface area contributed by atoms with Crippen LogP contribution < -0.4 is 0 Å². The van der Waals surface area contributed by atoms with Crippen LogP contribution >= 0.6 is 0 Å². The third kappa shape index (κ3) is 3.33. The molecule has 5 nitrogen and oxygen atoms in total. The van der Waals surface area contributed by atoms with E-state index < -0.39 is 15.1 Å². The van der Waals surface area contributed by atoms with Crippen LogP contribution in [0.15, 0.2) is 59.8 Å². The van der Waals surface area contributed by atoms with E-state index in [1.165, 1.54) is 12.3 Å². The summed E-state index contributed by atoms with van der Waals surface area (Å²) < 4.78 is 26.2. The van der Waals surface area contributed by atoms with E-state index in [9.17, 15) is 13.2 Å². The van der Waals surface area contributed by atoms with Crippen LogP contribution in [-0.4, -0.2) is 37.3 Å². The van der Waals surface area contributed by atoms with Crippen molar-refractivity contribution in [3.63, 3.8) is 0 Å². The average molecular weight is 344 g/mol. The second-order valence-electron chi connectivity index (χ2n) is 5.89. The summed E-state index contributed by atoms with van der Waals surface area (Å²) in [6.07, 6.45) is 4.33. The summed E-state index contributed by atoms with van der Waals surface area (Å²) in [6, 6.07) is 13.4. The minimum Gasteiger partial charge on any atom is -0.341 e. The second kappa shape index (κ2) is 7.13. The van der Waals surface area contributed by atoms with Gasteiger partial charge < -0.3 is 4.90 Å². The molecule has 1 aromatic heterocycles. The van der Waals surface area contributed by atoms with Crippen molar-refractivity contribution >= 4 is 15.7 Å². The number of benzene rings is 1. The molecule has 1 aliphatic rings. The maximum Gasteiger partial charge on any atom is 0.245 e. The summed E-state index contributed by atoms with van der Waals surface area (Å²) in [5.74, 6) is -0.355. The Balaban J connectivity index is 2.04. The minimum atomic E-state index is -3.91. The zero-order valence-electron chi connectivity index (χ0n) is 13.3. The van der Waals surface area contributed by atoms with Crippen LogP contribution in [0.1, 0.15) is 30.1 Å². The lowest BCUT2D eigenvalue weighted by atomic mass is 10.1. The number of aromatic nitrogens is 1. The lowest BCUT2D eigenvalue weighted by Gasteiger charge is -2.30. The van der Waals surface area contributed by atoms with Crippen molar-refractivity contribution in [2.45, 2.75) is 29.5 Å². The second-order valence-corrected chi connectivity index (χ2v) is 7.87. The molecule has 1 amide bonds. The van der Waals surface area contributed by atoms with E-state index in [2.05, 4.69) is 4.98 Å². The van der Waals surface area contributed by atoms with Gasteiger partial charge in [-0.1, -0.05) is 36.4 Å². The van der Waals surface area contributed by atoms with E-state index in [-0.39, 0.29) is 10.9 Å². The fraction of sp³-hybridized carbons (Fsp3) is 0.333. The quantitative estimate of drug-likeness (QED) is 0.855. The van der Waals surface area contributed by atoms with Gasteiger partial charge >= 0.3 is 0 Å². The Bertz CT molecular complexity index is 786. The molecule has 0 aliphatic carbocycles. The Labute approximate surface area is 142 Å². The van der Waals surface area contributed by atoms with Gasteiger partial charge in [0.05, 0.1) is 0 Å². The molecule has 1 saturated heterocycles. The Morgan fingerprint density at radius 3 is 2.25 bits per heavy atom. The fourth-order valence-electron chi connectivity index (χ4n) is 3.00. The molecular formula is C18H20N2O3S. The van der Waals surface area contributed by atoms with Crippen molar-refractivity contribution in [1.29, 1.82) is 0 Å². The molecule has 0 N–H and O–H groups in total. The Morgan fingerprint density at radius 1 is 0.958 bits per heavy atom. The first kappa shape index (κ1) is 16.6. The van der Waals surface area contributed by atoms with Crippen molar-refractivity contribution in [2.75, 3.05) is 13.1 Å². The third-order valence-corrected chi connectivity index (χ3v) is 6.15. The first-order valence-electron chi connectivity index (χ1n) is 8.09. The molecule has 1 fully saturated rings. The van der Waals surface area contributed by atoms with E-state index in [1.807, 2.05) is 0 Å². The first-order valence-corrected chi connectivity index (χ1v) is 9.64. The maximum atomic E-state index is 13.1. The molecule has 3 rings (SSSR count). The molecule has 126 valence electrons. The van der Waals surface area contributed by atoms with Crippen LogP contribution in [0.3, 0.4) is 0 Å². The standard InChI is InChI=1S/C18H20N2O3S/c21-18(20-13-7-2-8-14-20)17(15-9-3-1-4-10-15)24(22,23)16-11-5-6-12-19-16/h1,3-6,9-12,17H,2,7-8,13-14H2/t17-/m1/s1. The Hall–Kier alpha value is -2.21. The average Bonchev–Trinajstić information content (AvgIpc) is 2.64. The Kier molecular flexibility index (Phi) is 4.94. The number of likely N-dealkylation sites (tertiary alicyclic amines) is 1. The third-order valence-electron chi connectivity index (χ3n) is 4.23. The predicted molar refractivity (Wildman–Crippen MR) is 91.0 cm³/mol.